The van der Waals surface area contributed by atoms with Gasteiger partial charge in [-0.2, -0.15) is 32.2 Å². The maximum absolute atomic E-state index is 13.0. The van der Waals surface area contributed by atoms with Crippen molar-refractivity contribution >= 4 is 134 Å². The van der Waals surface area contributed by atoms with Gasteiger partial charge in [0, 0.05) is 44.6 Å². The summed E-state index contributed by atoms with van der Waals surface area (Å²) in [6.45, 7) is 14.1. The van der Waals surface area contributed by atoms with Gasteiger partial charge >= 0.3 is 0 Å². The highest BCUT2D eigenvalue weighted by Crippen LogP contribution is 2.50. The molecule has 10 aromatic rings. The van der Waals surface area contributed by atoms with Crippen LogP contribution < -0.4 is 21.3 Å². The van der Waals surface area contributed by atoms with Gasteiger partial charge in [0.05, 0.1) is 80.3 Å². The van der Waals surface area contributed by atoms with Crippen LogP contribution in [-0.4, -0.2) is 108 Å². The number of phenols is 2. The molecule has 0 atom stereocenters. The van der Waals surface area contributed by atoms with Crippen LogP contribution in [0.3, 0.4) is 0 Å². The zero-order valence-corrected chi connectivity index (χ0v) is 57.7. The van der Waals surface area contributed by atoms with Crippen LogP contribution in [0.25, 0.3) is 21.5 Å². The van der Waals surface area contributed by atoms with Crippen molar-refractivity contribution in [3.05, 3.63) is 213 Å². The number of aliphatic hydroxyl groups is 1. The molecular formula is C73H68N14O13S2. The van der Waals surface area contributed by atoms with Crippen LogP contribution >= 0.6 is 0 Å². The molecule has 0 radical (unpaired) electrons. The van der Waals surface area contributed by atoms with Gasteiger partial charge in [-0.1, -0.05) is 65.7 Å². The minimum Gasteiger partial charge on any atom is -0.505 e. The van der Waals surface area contributed by atoms with Gasteiger partial charge in [-0.3, -0.25) is 38.1 Å². The summed E-state index contributed by atoms with van der Waals surface area (Å²) in [6, 6.07) is 45.5. The van der Waals surface area contributed by atoms with Crippen molar-refractivity contribution in [1.29, 1.82) is 0 Å². The van der Waals surface area contributed by atoms with Crippen LogP contribution in [0.4, 0.5) is 68.2 Å². The second-order valence-corrected chi connectivity index (χ2v) is 26.9. The van der Waals surface area contributed by atoms with Crippen molar-refractivity contribution in [1.82, 2.24) is 9.80 Å². The third-order valence-corrected chi connectivity index (χ3v) is 19.0. The van der Waals surface area contributed by atoms with Crippen LogP contribution in [0.1, 0.15) is 88.7 Å². The highest BCUT2D eigenvalue weighted by Gasteiger charge is 2.38. The lowest BCUT2D eigenvalue weighted by Crippen LogP contribution is -2.32. The molecule has 2 heterocycles. The molecule has 0 fully saturated rings. The lowest BCUT2D eigenvalue weighted by Gasteiger charge is -2.23. The Morgan fingerprint density at radius 3 is 1.32 bits per heavy atom. The van der Waals surface area contributed by atoms with E-state index in [4.69, 9.17) is 11.5 Å². The first-order chi connectivity index (χ1) is 48.6. The van der Waals surface area contributed by atoms with Crippen LogP contribution in [0.2, 0.25) is 0 Å². The molecule has 102 heavy (non-hydrogen) atoms. The molecule has 0 aromatic heterocycles. The molecule has 0 saturated heterocycles. The van der Waals surface area contributed by atoms with Crippen LogP contribution in [0.5, 0.6) is 11.5 Å². The number of hydrogen-bond donors (Lipinski definition) is 7. The molecule has 0 saturated carbocycles. The van der Waals surface area contributed by atoms with Crippen molar-refractivity contribution < 1.29 is 60.4 Å². The van der Waals surface area contributed by atoms with Gasteiger partial charge in [-0.25, -0.2) is 0 Å². The second kappa shape index (κ2) is 29.0. The maximum Gasteiger partial charge on any atom is 0.296 e. The minimum atomic E-state index is -4.97. The molecule has 9 N–H and O–H groups in total. The van der Waals surface area contributed by atoms with E-state index in [9.17, 15) is 60.4 Å². The van der Waals surface area contributed by atoms with Gasteiger partial charge in [0.25, 0.3) is 43.9 Å². The summed E-state index contributed by atoms with van der Waals surface area (Å²) in [5.41, 5.74) is 21.3. The number of hydrogen-bond acceptors (Lipinski definition) is 23. The molecule has 27 nitrogen and oxygen atoms in total. The van der Waals surface area contributed by atoms with Gasteiger partial charge < -0.3 is 36.6 Å². The van der Waals surface area contributed by atoms with E-state index in [2.05, 4.69) is 127 Å². The molecule has 2 aliphatic rings. The molecule has 0 unspecified atom stereocenters. The first-order valence-corrected chi connectivity index (χ1v) is 34.6. The van der Waals surface area contributed by atoms with Gasteiger partial charge in [0.15, 0.2) is 11.5 Å². The number of phenolic OH excluding ortho intramolecular Hbond substituents is 2. The molecule has 10 aromatic carbocycles. The Morgan fingerprint density at radius 1 is 0.461 bits per heavy atom. The number of aromatic hydroxyl groups is 2. The highest BCUT2D eigenvalue weighted by atomic mass is 32.2. The van der Waals surface area contributed by atoms with E-state index < -0.39 is 83.1 Å². The van der Waals surface area contributed by atoms with E-state index in [0.29, 0.717) is 35.6 Å². The standard InChI is InChI=1S/C37H35N7O7S.C36H33N7O6S/c1-4-43(26-14-8-21(2)9-15-26)20-23-10-12-25(13-11-23)39-41-33-22(3)18-24-19-29(52(49,50)51)34(35(46)30(24)32(33)38)42-40-28-7-5-6-27-31(28)37(48)44(16-17-45)36(27)47;1-5-43(26-13-6-20(2)7-14-26)19-22-8-10-24(11-9-22)38-40-32-21(3)16-23-17-29(50(47,48)49)33(34(44)30(23)31(32)37)41-39-25-12-15-27-28(18-25)36(46)42(4)35(27)45/h5-15,18-19,45-46H,4,16-17,20,38H2,1-3H3,(H,49,50,51);6-18,44H,5,19,37H2,1-4H3,(H,47,48,49). The second-order valence-electron chi connectivity index (χ2n) is 24.1. The highest BCUT2D eigenvalue weighted by molar-refractivity contribution is 7.86. The number of carbonyl (C=O) groups is 4. The van der Waals surface area contributed by atoms with Crippen molar-refractivity contribution in [2.75, 3.05) is 54.6 Å². The SMILES string of the molecule is CCN(Cc1ccc(N=Nc2c(C)cc3cc(S(=O)(=O)O)c(N=Nc4ccc5c(c4)C(=O)N(C)C5=O)c(O)c3c2N)cc1)c1ccc(C)cc1.CCN(Cc1ccc(N=Nc2c(C)cc3cc(S(=O)(=O)O)c(N=Nc4cccc5c4C(=O)N(CCO)C5=O)c(O)c3c2N)cc1)c1ccc(C)cc1. The number of β-amino-alcohol motifs (C(OH)–C–C–N with tert-alkyl or cyclic N) is 1. The number of benzene rings is 10. The quantitative estimate of drug-likeness (QED) is 0.0161. The smallest absolute Gasteiger partial charge is 0.296 e. The van der Waals surface area contributed by atoms with Crippen LogP contribution in [-0.2, 0) is 33.3 Å². The summed E-state index contributed by atoms with van der Waals surface area (Å²) in [6.07, 6.45) is 0. The Kier molecular flexibility index (Phi) is 20.3. The number of aryl methyl sites for hydroxylation is 4. The predicted molar refractivity (Wildman–Crippen MR) is 386 cm³/mol. The molecular weight excluding hydrogens is 1350 g/mol. The number of imide groups is 2. The number of rotatable bonds is 20. The Bertz CT molecular complexity index is 5420. The van der Waals surface area contributed by atoms with Crippen molar-refractivity contribution in [3.8, 4) is 11.5 Å². The average Bonchev–Trinajstić information content (AvgIpc) is 1.05. The normalized spacial score (nSPS) is 13.2. The fraction of sp³-hybridized carbons (Fsp3) is 0.178. The first kappa shape index (κ1) is 71.3. The molecule has 520 valence electrons. The monoisotopic (exact) mass is 1410 g/mol. The Morgan fingerprint density at radius 2 is 0.882 bits per heavy atom. The molecule has 0 spiro atoms. The summed E-state index contributed by atoms with van der Waals surface area (Å²) in [4.78, 5) is 55.2. The van der Waals surface area contributed by atoms with Crippen molar-refractivity contribution in [2.24, 2.45) is 40.9 Å². The number of azo groups is 4. The summed E-state index contributed by atoms with van der Waals surface area (Å²) < 4.78 is 69.9. The van der Waals surface area contributed by atoms with E-state index in [1.807, 2.05) is 48.5 Å². The zero-order chi connectivity index (χ0) is 73.2. The third-order valence-electron chi connectivity index (χ3n) is 17.2. The number of anilines is 4. The molecule has 2 aliphatic heterocycles. The largest absolute Gasteiger partial charge is 0.505 e. The topological polar surface area (TPSA) is 402 Å². The Hall–Kier alpha value is -12.0. The van der Waals surface area contributed by atoms with Crippen molar-refractivity contribution in [3.63, 3.8) is 0 Å². The molecule has 4 amide bonds. The number of nitrogen functional groups attached to an aromatic ring is 2. The van der Waals surface area contributed by atoms with Gasteiger partial charge in [0.2, 0.25) is 0 Å². The minimum absolute atomic E-state index is 0.00225. The van der Waals surface area contributed by atoms with Crippen molar-refractivity contribution in [2.45, 2.75) is 64.4 Å². The van der Waals surface area contributed by atoms with Gasteiger partial charge in [-0.15, -0.1) is 25.6 Å². The number of nitrogens with two attached hydrogens (primary N) is 2. The van der Waals surface area contributed by atoms with E-state index in [1.165, 1.54) is 60.6 Å². The van der Waals surface area contributed by atoms with E-state index in [1.54, 1.807) is 19.9 Å². The lowest BCUT2D eigenvalue weighted by atomic mass is 10.0. The van der Waals surface area contributed by atoms with Gasteiger partial charge in [-0.05, 0) is 178 Å². The molecule has 0 bridgehead atoms. The number of aliphatic hydroxyl groups excluding tert-OH is 1. The zero-order valence-electron chi connectivity index (χ0n) is 56.1. The maximum atomic E-state index is 13.0. The molecule has 12 rings (SSSR count). The third kappa shape index (κ3) is 14.5. The number of carbonyl (C=O) groups excluding carboxylic acids is 4. The molecule has 0 aliphatic carbocycles. The van der Waals surface area contributed by atoms with E-state index in [-0.39, 0.29) is 84.5 Å². The Balaban J connectivity index is 0.000000205. The van der Waals surface area contributed by atoms with E-state index >= 15 is 0 Å². The molecule has 29 heteroatoms. The van der Waals surface area contributed by atoms with Crippen LogP contribution in [0.15, 0.2) is 208 Å². The fourth-order valence-electron chi connectivity index (χ4n) is 11.8. The summed E-state index contributed by atoms with van der Waals surface area (Å²) >= 11 is 0. The number of amides is 4. The average molecular weight is 1410 g/mol. The summed E-state index contributed by atoms with van der Waals surface area (Å²) in [7, 11) is -8.52. The predicted octanol–water partition coefficient (Wildman–Crippen LogP) is 15.5. The lowest BCUT2D eigenvalue weighted by molar-refractivity contribution is 0.0621. The van der Waals surface area contributed by atoms with Gasteiger partial charge in [0.1, 0.15) is 32.5 Å². The first-order valence-electron chi connectivity index (χ1n) is 31.8. The summed E-state index contributed by atoms with van der Waals surface area (Å²) in [5.74, 6) is -3.76. The number of nitrogens with zero attached hydrogens (tertiary/aromatic N) is 12. The van der Waals surface area contributed by atoms with Crippen LogP contribution in [0, 0.1) is 27.7 Å². The summed E-state index contributed by atoms with van der Waals surface area (Å²) in [5, 5.41) is 65.8. The fourth-order valence-corrected chi connectivity index (χ4v) is 13.1. The van der Waals surface area contributed by atoms with E-state index in [0.717, 1.165) is 57.5 Å². The number of fused-ring (bicyclic) bond motifs is 4. The Labute approximate surface area is 585 Å².